The summed E-state index contributed by atoms with van der Waals surface area (Å²) in [5.74, 6) is 1.70. The number of rotatable bonds is 5. The first-order valence-corrected chi connectivity index (χ1v) is 7.21. The van der Waals surface area contributed by atoms with Crippen molar-refractivity contribution in [3.63, 3.8) is 0 Å². The molecule has 0 radical (unpaired) electrons. The summed E-state index contributed by atoms with van der Waals surface area (Å²) in [6, 6.07) is 0.531. The van der Waals surface area contributed by atoms with E-state index in [0.717, 1.165) is 43.4 Å². The van der Waals surface area contributed by atoms with Gasteiger partial charge in [-0.3, -0.25) is 0 Å². The smallest absolute Gasteiger partial charge is 0.224 e. The second-order valence-electron chi connectivity index (χ2n) is 5.37. The van der Waals surface area contributed by atoms with Crippen molar-refractivity contribution >= 4 is 11.8 Å². The van der Waals surface area contributed by atoms with Gasteiger partial charge in [-0.15, -0.1) is 0 Å². The Morgan fingerprint density at radius 3 is 2.79 bits per heavy atom. The van der Waals surface area contributed by atoms with Crippen LogP contribution in [0.4, 0.5) is 11.8 Å². The highest BCUT2D eigenvalue weighted by molar-refractivity contribution is 5.47. The standard InChI is InChI=1S/C14H25N5/c1-4-7-15-14-16-10-11(2)13(18-14)17-12-5-8-19(3)9-6-12/h10,12H,4-9H2,1-3H3,(H2,15,16,17,18). The number of nitrogens with one attached hydrogen (secondary N) is 2. The van der Waals surface area contributed by atoms with Crippen LogP contribution >= 0.6 is 0 Å². The Kier molecular flexibility index (Phi) is 4.96. The molecule has 0 amide bonds. The summed E-state index contributed by atoms with van der Waals surface area (Å²) >= 11 is 0. The van der Waals surface area contributed by atoms with Gasteiger partial charge in [0.2, 0.25) is 5.95 Å². The topological polar surface area (TPSA) is 53.1 Å². The van der Waals surface area contributed by atoms with Crippen LogP contribution < -0.4 is 10.6 Å². The zero-order valence-corrected chi connectivity index (χ0v) is 12.2. The maximum atomic E-state index is 4.58. The summed E-state index contributed by atoms with van der Waals surface area (Å²) in [6.45, 7) is 7.42. The Bertz CT molecular complexity index is 399. The number of likely N-dealkylation sites (tertiary alicyclic amines) is 1. The molecule has 1 aromatic rings. The van der Waals surface area contributed by atoms with Crippen molar-refractivity contribution in [3.8, 4) is 0 Å². The Morgan fingerprint density at radius 2 is 2.11 bits per heavy atom. The van der Waals surface area contributed by atoms with Crippen LogP contribution in [0.2, 0.25) is 0 Å². The van der Waals surface area contributed by atoms with Crippen molar-refractivity contribution in [2.24, 2.45) is 0 Å². The first-order valence-electron chi connectivity index (χ1n) is 7.21. The van der Waals surface area contributed by atoms with Crippen LogP contribution in [0.3, 0.4) is 0 Å². The number of hydrogen-bond donors (Lipinski definition) is 2. The molecule has 0 spiro atoms. The molecule has 19 heavy (non-hydrogen) atoms. The third-order valence-corrected chi connectivity index (χ3v) is 3.56. The molecule has 0 aliphatic carbocycles. The minimum absolute atomic E-state index is 0.531. The fourth-order valence-corrected chi connectivity index (χ4v) is 2.26. The van der Waals surface area contributed by atoms with Crippen LogP contribution in [0.5, 0.6) is 0 Å². The molecular formula is C14H25N5. The lowest BCUT2D eigenvalue weighted by Gasteiger charge is -2.30. The van der Waals surface area contributed by atoms with Crippen molar-refractivity contribution in [1.29, 1.82) is 0 Å². The number of aromatic nitrogens is 2. The number of nitrogens with zero attached hydrogens (tertiary/aromatic N) is 3. The molecule has 1 aliphatic rings. The zero-order chi connectivity index (χ0) is 13.7. The van der Waals surface area contributed by atoms with Gasteiger partial charge in [0.05, 0.1) is 0 Å². The summed E-state index contributed by atoms with van der Waals surface area (Å²) in [6.07, 6.45) is 5.33. The predicted molar refractivity (Wildman–Crippen MR) is 79.7 cm³/mol. The Morgan fingerprint density at radius 1 is 1.37 bits per heavy atom. The number of piperidine rings is 1. The lowest BCUT2D eigenvalue weighted by Crippen LogP contribution is -2.37. The van der Waals surface area contributed by atoms with Crippen LogP contribution in [0, 0.1) is 6.92 Å². The number of anilines is 2. The van der Waals surface area contributed by atoms with Gasteiger partial charge in [0.25, 0.3) is 0 Å². The van der Waals surface area contributed by atoms with E-state index in [4.69, 9.17) is 0 Å². The van der Waals surface area contributed by atoms with Crippen LogP contribution in [0.25, 0.3) is 0 Å². The summed E-state index contributed by atoms with van der Waals surface area (Å²) in [7, 11) is 2.18. The lowest BCUT2D eigenvalue weighted by molar-refractivity contribution is 0.263. The third kappa shape index (κ3) is 4.06. The average molecular weight is 263 g/mol. The van der Waals surface area contributed by atoms with Gasteiger partial charge in [-0.05, 0) is 46.3 Å². The van der Waals surface area contributed by atoms with Gasteiger partial charge in [-0.1, -0.05) is 6.92 Å². The Balaban J connectivity index is 1.98. The molecule has 2 rings (SSSR count). The summed E-state index contributed by atoms with van der Waals surface area (Å²) in [5, 5.41) is 6.80. The van der Waals surface area contributed by atoms with E-state index in [1.807, 2.05) is 6.20 Å². The first-order chi connectivity index (χ1) is 9.19. The monoisotopic (exact) mass is 263 g/mol. The molecule has 0 aromatic carbocycles. The molecule has 0 bridgehead atoms. The van der Waals surface area contributed by atoms with Crippen molar-refractivity contribution in [1.82, 2.24) is 14.9 Å². The quantitative estimate of drug-likeness (QED) is 0.852. The highest BCUT2D eigenvalue weighted by atomic mass is 15.2. The van der Waals surface area contributed by atoms with Crippen LogP contribution in [0.1, 0.15) is 31.7 Å². The van der Waals surface area contributed by atoms with Gasteiger partial charge in [0.15, 0.2) is 0 Å². The SMILES string of the molecule is CCCNc1ncc(C)c(NC2CCN(C)CC2)n1. The van der Waals surface area contributed by atoms with E-state index in [2.05, 4.69) is 46.4 Å². The molecule has 5 nitrogen and oxygen atoms in total. The molecule has 1 saturated heterocycles. The van der Waals surface area contributed by atoms with Crippen molar-refractivity contribution in [2.75, 3.05) is 37.3 Å². The van der Waals surface area contributed by atoms with E-state index in [1.165, 1.54) is 12.8 Å². The predicted octanol–water partition coefficient (Wildman–Crippen LogP) is 2.11. The summed E-state index contributed by atoms with van der Waals surface area (Å²) in [4.78, 5) is 11.3. The van der Waals surface area contributed by atoms with E-state index in [9.17, 15) is 0 Å². The molecule has 0 saturated carbocycles. The number of aryl methyl sites for hydroxylation is 1. The van der Waals surface area contributed by atoms with E-state index in [1.54, 1.807) is 0 Å². The lowest BCUT2D eigenvalue weighted by atomic mass is 10.1. The van der Waals surface area contributed by atoms with E-state index < -0.39 is 0 Å². The van der Waals surface area contributed by atoms with Gasteiger partial charge >= 0.3 is 0 Å². The zero-order valence-electron chi connectivity index (χ0n) is 12.2. The third-order valence-electron chi connectivity index (χ3n) is 3.56. The molecule has 1 aliphatic heterocycles. The van der Waals surface area contributed by atoms with Gasteiger partial charge < -0.3 is 15.5 Å². The maximum absolute atomic E-state index is 4.58. The second kappa shape index (κ2) is 6.70. The Hall–Kier alpha value is -1.36. The molecule has 2 heterocycles. The van der Waals surface area contributed by atoms with Gasteiger partial charge in [0.1, 0.15) is 5.82 Å². The van der Waals surface area contributed by atoms with Crippen LogP contribution in [0.15, 0.2) is 6.20 Å². The molecule has 1 aromatic heterocycles. The normalized spacial score (nSPS) is 17.4. The minimum atomic E-state index is 0.531. The van der Waals surface area contributed by atoms with Crippen molar-refractivity contribution in [3.05, 3.63) is 11.8 Å². The molecule has 2 N–H and O–H groups in total. The van der Waals surface area contributed by atoms with Gasteiger partial charge in [-0.2, -0.15) is 4.98 Å². The fraction of sp³-hybridized carbons (Fsp3) is 0.714. The molecule has 0 atom stereocenters. The largest absolute Gasteiger partial charge is 0.367 e. The Labute approximate surface area is 115 Å². The molecule has 1 fully saturated rings. The second-order valence-corrected chi connectivity index (χ2v) is 5.37. The summed E-state index contributed by atoms with van der Waals surface area (Å²) in [5.41, 5.74) is 1.11. The fourth-order valence-electron chi connectivity index (χ4n) is 2.26. The van der Waals surface area contributed by atoms with E-state index in [-0.39, 0.29) is 0 Å². The molecule has 5 heteroatoms. The maximum Gasteiger partial charge on any atom is 0.224 e. The number of hydrogen-bond acceptors (Lipinski definition) is 5. The molecule has 106 valence electrons. The van der Waals surface area contributed by atoms with E-state index in [0.29, 0.717) is 6.04 Å². The van der Waals surface area contributed by atoms with Crippen molar-refractivity contribution < 1.29 is 0 Å². The van der Waals surface area contributed by atoms with Gasteiger partial charge in [-0.25, -0.2) is 4.98 Å². The minimum Gasteiger partial charge on any atom is -0.367 e. The van der Waals surface area contributed by atoms with Gasteiger partial charge in [0, 0.05) is 24.3 Å². The van der Waals surface area contributed by atoms with Crippen LogP contribution in [-0.2, 0) is 0 Å². The average Bonchev–Trinajstić information content (AvgIpc) is 2.42. The summed E-state index contributed by atoms with van der Waals surface area (Å²) < 4.78 is 0. The highest BCUT2D eigenvalue weighted by Gasteiger charge is 2.17. The highest BCUT2D eigenvalue weighted by Crippen LogP contribution is 2.18. The molecule has 0 unspecified atom stereocenters. The molecular weight excluding hydrogens is 238 g/mol. The van der Waals surface area contributed by atoms with E-state index >= 15 is 0 Å². The van der Waals surface area contributed by atoms with Crippen LogP contribution in [-0.4, -0.2) is 47.6 Å². The van der Waals surface area contributed by atoms with Crippen molar-refractivity contribution in [2.45, 2.75) is 39.2 Å². The first kappa shape index (κ1) is 14.1.